The maximum atomic E-state index is 13.4. The van der Waals surface area contributed by atoms with Crippen LogP contribution in [-0.4, -0.2) is 16.2 Å². The monoisotopic (exact) mass is 498 g/mol. The Morgan fingerprint density at radius 2 is 1.69 bits per heavy atom. The van der Waals surface area contributed by atoms with Gasteiger partial charge in [0.25, 0.3) is 5.89 Å². The first-order valence-electron chi connectivity index (χ1n) is 11.9. The van der Waals surface area contributed by atoms with Crippen molar-refractivity contribution < 1.29 is 9.32 Å². The summed E-state index contributed by atoms with van der Waals surface area (Å²) < 4.78 is 5.79. The zero-order valence-electron chi connectivity index (χ0n) is 20.7. The number of amides is 2. The van der Waals surface area contributed by atoms with Crippen LogP contribution in [0.2, 0.25) is 5.02 Å². The summed E-state index contributed by atoms with van der Waals surface area (Å²) in [7, 11) is 0. The van der Waals surface area contributed by atoms with Gasteiger partial charge < -0.3 is 9.84 Å². The van der Waals surface area contributed by atoms with Gasteiger partial charge in [-0.2, -0.15) is 4.98 Å². The molecule has 2 amide bonds. The lowest BCUT2D eigenvalue weighted by Gasteiger charge is -2.35. The highest BCUT2D eigenvalue weighted by atomic mass is 35.5. The van der Waals surface area contributed by atoms with E-state index < -0.39 is 6.04 Å². The zero-order valence-corrected chi connectivity index (χ0v) is 21.4. The first-order valence-corrected chi connectivity index (χ1v) is 12.3. The SMILES string of the molecule is CCc1ccc(C2NC(=O)N(c3ccc(C)c(C)c3)C(C)=C2c2nc(-c3ccc(Cl)cc3)no2)cc1. The van der Waals surface area contributed by atoms with Gasteiger partial charge in [-0.15, -0.1) is 0 Å². The smallest absolute Gasteiger partial charge is 0.326 e. The molecule has 0 fully saturated rings. The Kier molecular flexibility index (Phi) is 6.37. The van der Waals surface area contributed by atoms with E-state index in [0.29, 0.717) is 16.7 Å². The molecule has 4 aromatic rings. The van der Waals surface area contributed by atoms with Crippen molar-refractivity contribution in [2.24, 2.45) is 0 Å². The minimum Gasteiger partial charge on any atom is -0.334 e. The van der Waals surface area contributed by atoms with Crippen molar-refractivity contribution in [3.63, 3.8) is 0 Å². The lowest BCUT2D eigenvalue weighted by atomic mass is 9.93. The predicted octanol–water partition coefficient (Wildman–Crippen LogP) is 7.27. The number of urea groups is 1. The highest BCUT2D eigenvalue weighted by molar-refractivity contribution is 6.30. The number of hydrogen-bond acceptors (Lipinski definition) is 4. The summed E-state index contributed by atoms with van der Waals surface area (Å²) in [6.07, 6.45) is 0.938. The van der Waals surface area contributed by atoms with Crippen LogP contribution >= 0.6 is 11.6 Å². The molecule has 1 aromatic heterocycles. The molecule has 182 valence electrons. The number of hydrogen-bond donors (Lipinski definition) is 1. The van der Waals surface area contributed by atoms with Crippen molar-refractivity contribution in [2.45, 2.75) is 40.2 Å². The fraction of sp³-hybridized carbons (Fsp3) is 0.207. The Morgan fingerprint density at radius 3 is 2.36 bits per heavy atom. The third-order valence-corrected chi connectivity index (χ3v) is 6.97. The van der Waals surface area contributed by atoms with E-state index in [0.717, 1.165) is 45.6 Å². The maximum Gasteiger partial charge on any atom is 0.326 e. The van der Waals surface area contributed by atoms with Gasteiger partial charge in [0, 0.05) is 16.3 Å². The molecule has 1 unspecified atom stereocenters. The standard InChI is InChI=1S/C29H27ClN4O2/c1-5-20-7-9-21(10-8-20)26-25(28-32-27(33-36-28)22-11-13-23(30)14-12-22)19(4)34(29(35)31-26)24-15-6-17(2)18(3)16-24/h6-16,26H,5H2,1-4H3,(H,31,35). The number of benzene rings is 3. The van der Waals surface area contributed by atoms with Crippen LogP contribution in [0.4, 0.5) is 10.5 Å². The molecule has 1 aliphatic heterocycles. The fourth-order valence-electron chi connectivity index (χ4n) is 4.44. The minimum absolute atomic E-state index is 0.207. The molecule has 1 N–H and O–H groups in total. The third-order valence-electron chi connectivity index (χ3n) is 6.71. The van der Waals surface area contributed by atoms with Crippen LogP contribution in [-0.2, 0) is 6.42 Å². The number of nitrogens with zero attached hydrogens (tertiary/aromatic N) is 3. The fourth-order valence-corrected chi connectivity index (χ4v) is 4.57. The Bertz CT molecular complexity index is 1460. The van der Waals surface area contributed by atoms with Gasteiger partial charge in [0.2, 0.25) is 5.82 Å². The molecule has 6 nitrogen and oxygen atoms in total. The average molecular weight is 499 g/mol. The number of halogens is 1. The summed E-state index contributed by atoms with van der Waals surface area (Å²) in [6, 6.07) is 20.9. The quantitative estimate of drug-likeness (QED) is 0.314. The van der Waals surface area contributed by atoms with Crippen molar-refractivity contribution >= 4 is 28.9 Å². The van der Waals surface area contributed by atoms with Crippen molar-refractivity contribution in [2.75, 3.05) is 4.90 Å². The topological polar surface area (TPSA) is 71.3 Å². The molecule has 0 saturated carbocycles. The van der Waals surface area contributed by atoms with Crippen molar-refractivity contribution in [1.29, 1.82) is 0 Å². The number of aromatic nitrogens is 2. The molecule has 1 aliphatic rings. The molecule has 2 heterocycles. The van der Waals surface area contributed by atoms with Gasteiger partial charge in [0.1, 0.15) is 0 Å². The summed E-state index contributed by atoms with van der Waals surface area (Å²) in [5.74, 6) is 0.813. The largest absolute Gasteiger partial charge is 0.334 e. The molecule has 0 aliphatic carbocycles. The van der Waals surface area contributed by atoms with Gasteiger partial charge >= 0.3 is 6.03 Å². The van der Waals surface area contributed by atoms with E-state index in [-0.39, 0.29) is 6.03 Å². The molecular formula is C29H27ClN4O2. The second kappa shape index (κ2) is 9.63. The van der Waals surface area contributed by atoms with E-state index in [4.69, 9.17) is 21.1 Å². The molecule has 0 bridgehead atoms. The van der Waals surface area contributed by atoms with Crippen LogP contribution in [0.3, 0.4) is 0 Å². The van der Waals surface area contributed by atoms with Crippen LogP contribution < -0.4 is 10.2 Å². The number of carbonyl (C=O) groups is 1. The van der Waals surface area contributed by atoms with E-state index in [1.54, 1.807) is 17.0 Å². The Balaban J connectivity index is 1.65. The molecule has 5 rings (SSSR count). The van der Waals surface area contributed by atoms with Gasteiger partial charge in [-0.05, 0) is 85.8 Å². The van der Waals surface area contributed by atoms with E-state index in [1.165, 1.54) is 5.56 Å². The van der Waals surface area contributed by atoms with Gasteiger partial charge in [0.15, 0.2) is 0 Å². The zero-order chi connectivity index (χ0) is 25.4. The molecule has 36 heavy (non-hydrogen) atoms. The van der Waals surface area contributed by atoms with Crippen LogP contribution in [0.5, 0.6) is 0 Å². The van der Waals surface area contributed by atoms with E-state index in [2.05, 4.69) is 36.5 Å². The molecular weight excluding hydrogens is 472 g/mol. The number of nitrogens with one attached hydrogen (secondary N) is 1. The first-order chi connectivity index (χ1) is 17.4. The van der Waals surface area contributed by atoms with Crippen LogP contribution in [0.25, 0.3) is 17.0 Å². The number of aryl methyl sites for hydroxylation is 3. The second-order valence-corrected chi connectivity index (χ2v) is 9.45. The molecule has 3 aromatic carbocycles. The molecule has 0 radical (unpaired) electrons. The van der Waals surface area contributed by atoms with E-state index in [1.807, 2.05) is 56.3 Å². The number of rotatable bonds is 5. The first kappa shape index (κ1) is 23.8. The Morgan fingerprint density at radius 1 is 0.972 bits per heavy atom. The summed E-state index contributed by atoms with van der Waals surface area (Å²) in [6.45, 7) is 8.12. The maximum absolute atomic E-state index is 13.4. The predicted molar refractivity (Wildman–Crippen MR) is 143 cm³/mol. The van der Waals surface area contributed by atoms with Gasteiger partial charge in [0.05, 0.1) is 17.3 Å². The molecule has 0 saturated heterocycles. The van der Waals surface area contributed by atoms with Crippen LogP contribution in [0.1, 0.15) is 48.0 Å². The van der Waals surface area contributed by atoms with Crippen molar-refractivity contribution in [1.82, 2.24) is 15.5 Å². The summed E-state index contributed by atoms with van der Waals surface area (Å²) in [5, 5.41) is 8.04. The van der Waals surface area contributed by atoms with E-state index in [9.17, 15) is 4.79 Å². The van der Waals surface area contributed by atoms with Gasteiger partial charge in [-0.25, -0.2) is 4.79 Å². The molecule has 7 heteroatoms. The highest BCUT2D eigenvalue weighted by Gasteiger charge is 2.36. The lowest BCUT2D eigenvalue weighted by molar-refractivity contribution is 0.244. The average Bonchev–Trinajstić information content (AvgIpc) is 3.36. The van der Waals surface area contributed by atoms with Gasteiger partial charge in [-0.1, -0.05) is 54.0 Å². The molecule has 1 atom stereocenters. The second-order valence-electron chi connectivity index (χ2n) is 9.01. The van der Waals surface area contributed by atoms with Crippen molar-refractivity contribution in [3.05, 3.63) is 106 Å². The number of allylic oxidation sites excluding steroid dienone is 1. The third kappa shape index (κ3) is 4.40. The Labute approximate surface area is 215 Å². The lowest BCUT2D eigenvalue weighted by Crippen LogP contribution is -2.46. The summed E-state index contributed by atoms with van der Waals surface area (Å²) in [5.41, 5.74) is 7.50. The van der Waals surface area contributed by atoms with Crippen LogP contribution in [0.15, 0.2) is 77.0 Å². The summed E-state index contributed by atoms with van der Waals surface area (Å²) >= 11 is 6.05. The normalized spacial score (nSPS) is 15.9. The molecule has 0 spiro atoms. The highest BCUT2D eigenvalue weighted by Crippen LogP contribution is 2.39. The number of anilines is 1. The van der Waals surface area contributed by atoms with Gasteiger partial charge in [-0.3, -0.25) is 4.90 Å². The number of carbonyl (C=O) groups excluding carboxylic acids is 1. The van der Waals surface area contributed by atoms with Crippen molar-refractivity contribution in [3.8, 4) is 11.4 Å². The van der Waals surface area contributed by atoms with Crippen LogP contribution in [0, 0.1) is 13.8 Å². The van der Waals surface area contributed by atoms with E-state index >= 15 is 0 Å². The summed E-state index contributed by atoms with van der Waals surface area (Å²) in [4.78, 5) is 19.8. The minimum atomic E-state index is -0.440. The Hall–Kier alpha value is -3.90.